The van der Waals surface area contributed by atoms with Gasteiger partial charge in [0.2, 0.25) is 0 Å². The molecule has 0 heterocycles. The molecule has 3 heteroatoms. The van der Waals surface area contributed by atoms with Gasteiger partial charge in [0.25, 0.3) is 0 Å². The number of nitrogens with zero attached hydrogens (tertiary/aromatic N) is 1. The molecule has 16 heavy (non-hydrogen) atoms. The van der Waals surface area contributed by atoms with Crippen LogP contribution in [-0.4, -0.2) is 30.6 Å². The first-order valence-corrected chi connectivity index (χ1v) is 5.51. The van der Waals surface area contributed by atoms with Crippen LogP contribution in [0.5, 0.6) is 0 Å². The van der Waals surface area contributed by atoms with Gasteiger partial charge in [-0.05, 0) is 52.1 Å². The number of hydrogen-bond acceptors (Lipinski definition) is 2. The fraction of sp³-hybridized carbons (Fsp3) is 0.538. The maximum absolute atomic E-state index is 13.0. The van der Waals surface area contributed by atoms with Gasteiger partial charge in [-0.15, -0.1) is 0 Å². The van der Waals surface area contributed by atoms with E-state index in [-0.39, 0.29) is 17.4 Å². The van der Waals surface area contributed by atoms with Crippen LogP contribution in [0.1, 0.15) is 19.4 Å². The van der Waals surface area contributed by atoms with E-state index in [2.05, 4.69) is 18.7 Å². The number of halogens is 1. The Morgan fingerprint density at radius 1 is 1.38 bits per heavy atom. The molecule has 0 aliphatic carbocycles. The largest absolute Gasteiger partial charge is 0.326 e. The highest BCUT2D eigenvalue weighted by Gasteiger charge is 2.28. The molecule has 1 rings (SSSR count). The van der Waals surface area contributed by atoms with Crippen LogP contribution in [0.25, 0.3) is 0 Å². The minimum absolute atomic E-state index is 0.0238. The van der Waals surface area contributed by atoms with Crippen molar-refractivity contribution in [1.82, 2.24) is 4.90 Å². The van der Waals surface area contributed by atoms with Gasteiger partial charge in [0.05, 0.1) is 0 Å². The Bertz CT molecular complexity index is 348. The summed E-state index contributed by atoms with van der Waals surface area (Å²) in [4.78, 5) is 2.09. The zero-order chi connectivity index (χ0) is 12.3. The molecule has 0 spiro atoms. The number of hydrogen-bond donors (Lipinski definition) is 1. The Morgan fingerprint density at radius 2 is 2.00 bits per heavy atom. The van der Waals surface area contributed by atoms with Crippen molar-refractivity contribution < 1.29 is 4.39 Å². The number of rotatable bonds is 4. The van der Waals surface area contributed by atoms with E-state index in [1.807, 2.05) is 20.2 Å². The molecule has 0 aliphatic rings. The van der Waals surface area contributed by atoms with E-state index in [0.717, 1.165) is 5.56 Å². The minimum atomic E-state index is -0.202. The van der Waals surface area contributed by atoms with Gasteiger partial charge in [-0.2, -0.15) is 0 Å². The standard InChI is InChI=1S/C13H21FN2/c1-13(2,16(3)4)12(15)9-10-6-5-7-11(14)8-10/h5-8,12H,9,15H2,1-4H3. The molecular formula is C13H21FN2. The van der Waals surface area contributed by atoms with E-state index in [1.165, 1.54) is 6.07 Å². The van der Waals surface area contributed by atoms with Gasteiger partial charge in [0.1, 0.15) is 5.82 Å². The molecule has 0 fully saturated rings. The lowest BCUT2D eigenvalue weighted by atomic mass is 9.89. The first-order chi connectivity index (χ1) is 7.34. The zero-order valence-electron chi connectivity index (χ0n) is 10.5. The molecule has 2 N–H and O–H groups in total. The molecule has 1 aromatic rings. The van der Waals surface area contributed by atoms with Crippen LogP contribution in [0.4, 0.5) is 4.39 Å². The van der Waals surface area contributed by atoms with E-state index in [1.54, 1.807) is 12.1 Å². The summed E-state index contributed by atoms with van der Waals surface area (Å²) in [5, 5.41) is 0. The molecule has 90 valence electrons. The Kier molecular flexibility index (Phi) is 4.05. The van der Waals surface area contributed by atoms with Crippen molar-refractivity contribution in [2.45, 2.75) is 31.8 Å². The molecule has 0 bridgehead atoms. The molecule has 0 amide bonds. The molecule has 0 saturated carbocycles. The maximum atomic E-state index is 13.0. The summed E-state index contributed by atoms with van der Waals surface area (Å²) in [6, 6.07) is 6.61. The second kappa shape index (κ2) is 4.93. The van der Waals surface area contributed by atoms with Crippen molar-refractivity contribution in [2.24, 2.45) is 5.73 Å². The van der Waals surface area contributed by atoms with E-state index < -0.39 is 0 Å². The van der Waals surface area contributed by atoms with Crippen molar-refractivity contribution in [1.29, 1.82) is 0 Å². The number of benzene rings is 1. The molecule has 2 nitrogen and oxygen atoms in total. The average Bonchev–Trinajstić information content (AvgIpc) is 2.17. The zero-order valence-corrected chi connectivity index (χ0v) is 10.5. The Labute approximate surface area is 97.3 Å². The predicted octanol–water partition coefficient (Wildman–Crippen LogP) is 2.04. The van der Waals surface area contributed by atoms with Crippen molar-refractivity contribution in [3.8, 4) is 0 Å². The summed E-state index contributed by atoms with van der Waals surface area (Å²) in [6.45, 7) is 4.19. The van der Waals surface area contributed by atoms with Crippen LogP contribution in [0.3, 0.4) is 0 Å². The van der Waals surface area contributed by atoms with Crippen molar-refractivity contribution in [3.05, 3.63) is 35.6 Å². The Morgan fingerprint density at radius 3 is 2.50 bits per heavy atom. The molecule has 0 saturated heterocycles. The summed E-state index contributed by atoms with van der Waals surface area (Å²) in [7, 11) is 4.01. The summed E-state index contributed by atoms with van der Waals surface area (Å²) in [5.41, 5.74) is 7.01. The van der Waals surface area contributed by atoms with E-state index in [9.17, 15) is 4.39 Å². The van der Waals surface area contributed by atoms with E-state index in [0.29, 0.717) is 6.42 Å². The minimum Gasteiger partial charge on any atom is -0.326 e. The van der Waals surface area contributed by atoms with Gasteiger partial charge in [-0.25, -0.2) is 4.39 Å². The van der Waals surface area contributed by atoms with Crippen LogP contribution < -0.4 is 5.73 Å². The van der Waals surface area contributed by atoms with E-state index >= 15 is 0 Å². The normalized spacial score (nSPS) is 14.2. The number of likely N-dealkylation sites (N-methyl/N-ethyl adjacent to an activating group) is 1. The third kappa shape index (κ3) is 3.03. The summed E-state index contributed by atoms with van der Waals surface area (Å²) in [5.74, 6) is -0.202. The molecule has 1 aromatic carbocycles. The van der Waals surface area contributed by atoms with E-state index in [4.69, 9.17) is 5.73 Å². The summed E-state index contributed by atoms with van der Waals surface area (Å²) >= 11 is 0. The SMILES string of the molecule is CN(C)C(C)(C)C(N)Cc1cccc(F)c1. The summed E-state index contributed by atoms with van der Waals surface area (Å²) in [6.07, 6.45) is 0.683. The van der Waals surface area contributed by atoms with Gasteiger partial charge >= 0.3 is 0 Å². The quantitative estimate of drug-likeness (QED) is 0.848. The molecule has 0 aliphatic heterocycles. The van der Waals surface area contributed by atoms with Crippen LogP contribution in [-0.2, 0) is 6.42 Å². The Hall–Kier alpha value is -0.930. The summed E-state index contributed by atoms with van der Waals surface area (Å²) < 4.78 is 13.0. The predicted molar refractivity (Wildman–Crippen MR) is 65.8 cm³/mol. The molecule has 0 aromatic heterocycles. The molecule has 1 atom stereocenters. The first kappa shape index (κ1) is 13.1. The van der Waals surface area contributed by atoms with Crippen LogP contribution >= 0.6 is 0 Å². The van der Waals surface area contributed by atoms with Gasteiger partial charge in [0, 0.05) is 11.6 Å². The maximum Gasteiger partial charge on any atom is 0.123 e. The lowest BCUT2D eigenvalue weighted by Crippen LogP contribution is -2.54. The smallest absolute Gasteiger partial charge is 0.123 e. The second-order valence-corrected chi connectivity index (χ2v) is 4.99. The van der Waals surface area contributed by atoms with Crippen molar-refractivity contribution in [3.63, 3.8) is 0 Å². The fourth-order valence-corrected chi connectivity index (χ4v) is 1.50. The highest BCUT2D eigenvalue weighted by atomic mass is 19.1. The Balaban J connectivity index is 2.75. The molecule has 0 radical (unpaired) electrons. The monoisotopic (exact) mass is 224 g/mol. The average molecular weight is 224 g/mol. The van der Waals surface area contributed by atoms with Gasteiger partial charge in [0.15, 0.2) is 0 Å². The van der Waals surface area contributed by atoms with Crippen LogP contribution in [0.2, 0.25) is 0 Å². The molecule has 1 unspecified atom stereocenters. The van der Waals surface area contributed by atoms with Gasteiger partial charge in [-0.1, -0.05) is 12.1 Å². The van der Waals surface area contributed by atoms with Crippen molar-refractivity contribution in [2.75, 3.05) is 14.1 Å². The lowest BCUT2D eigenvalue weighted by Gasteiger charge is -2.38. The number of nitrogens with two attached hydrogens (primary N) is 1. The highest BCUT2D eigenvalue weighted by molar-refractivity contribution is 5.18. The topological polar surface area (TPSA) is 29.3 Å². The van der Waals surface area contributed by atoms with Crippen LogP contribution in [0.15, 0.2) is 24.3 Å². The first-order valence-electron chi connectivity index (χ1n) is 5.51. The van der Waals surface area contributed by atoms with Gasteiger partial charge in [-0.3, -0.25) is 0 Å². The lowest BCUT2D eigenvalue weighted by molar-refractivity contribution is 0.158. The van der Waals surface area contributed by atoms with Crippen molar-refractivity contribution >= 4 is 0 Å². The fourth-order valence-electron chi connectivity index (χ4n) is 1.50. The van der Waals surface area contributed by atoms with Gasteiger partial charge < -0.3 is 10.6 Å². The second-order valence-electron chi connectivity index (χ2n) is 4.99. The molecular weight excluding hydrogens is 203 g/mol. The highest BCUT2D eigenvalue weighted by Crippen LogP contribution is 2.18. The third-order valence-electron chi connectivity index (χ3n) is 3.40. The third-order valence-corrected chi connectivity index (χ3v) is 3.40. The van der Waals surface area contributed by atoms with Crippen LogP contribution in [0, 0.1) is 5.82 Å².